The second-order valence-electron chi connectivity index (χ2n) is 2.31. The normalized spacial score (nSPS) is 9.78. The van der Waals surface area contributed by atoms with Gasteiger partial charge in [-0.25, -0.2) is 4.79 Å². The molecular weight excluding hydrogens is 136 g/mol. The molecule has 4 heteroatoms. The summed E-state index contributed by atoms with van der Waals surface area (Å²) in [7, 11) is 0. The van der Waals surface area contributed by atoms with Gasteiger partial charge in [0, 0.05) is 6.54 Å². The van der Waals surface area contributed by atoms with Crippen LogP contribution in [0.15, 0.2) is 0 Å². The molecule has 0 atom stereocenters. The predicted molar refractivity (Wildman–Crippen MR) is 40.1 cm³/mol. The molecule has 9 heavy (non-hydrogen) atoms. The summed E-state index contributed by atoms with van der Waals surface area (Å²) >= 11 is 3.82. The first kappa shape index (κ1) is 8.62. The van der Waals surface area contributed by atoms with Crippen molar-refractivity contribution in [1.82, 2.24) is 4.31 Å². The molecule has 2 N–H and O–H groups in total. The van der Waals surface area contributed by atoms with Crippen molar-refractivity contribution >= 4 is 18.8 Å². The molecule has 0 saturated carbocycles. The first-order chi connectivity index (χ1) is 4.04. The topological polar surface area (TPSA) is 46.3 Å². The van der Waals surface area contributed by atoms with Crippen molar-refractivity contribution in [2.45, 2.75) is 13.8 Å². The van der Waals surface area contributed by atoms with Gasteiger partial charge in [0.15, 0.2) is 0 Å². The Morgan fingerprint density at radius 2 is 2.22 bits per heavy atom. The van der Waals surface area contributed by atoms with E-state index in [1.54, 1.807) is 0 Å². The summed E-state index contributed by atoms with van der Waals surface area (Å²) in [6.07, 6.45) is 0. The molecule has 0 saturated heterocycles. The molecule has 0 aliphatic rings. The minimum atomic E-state index is -0.493. The Balaban J connectivity index is 3.50. The molecule has 54 valence electrons. The molecule has 2 amide bonds. The lowest BCUT2D eigenvalue weighted by atomic mass is 10.2. The average molecular weight is 148 g/mol. The molecule has 0 bridgehead atoms. The van der Waals surface area contributed by atoms with Crippen LogP contribution in [0, 0.1) is 5.92 Å². The second kappa shape index (κ2) is 3.61. The Morgan fingerprint density at radius 1 is 1.78 bits per heavy atom. The first-order valence-corrected chi connectivity index (χ1v) is 3.20. The van der Waals surface area contributed by atoms with Crippen LogP contribution in [0.3, 0.4) is 0 Å². The average Bonchev–Trinajstić information content (AvgIpc) is 1.63. The number of hydrogen-bond donors (Lipinski definition) is 2. The van der Waals surface area contributed by atoms with Crippen LogP contribution in [0.2, 0.25) is 0 Å². The van der Waals surface area contributed by atoms with Crippen LogP contribution in [-0.4, -0.2) is 16.9 Å². The minimum Gasteiger partial charge on any atom is -0.351 e. The van der Waals surface area contributed by atoms with E-state index >= 15 is 0 Å². The van der Waals surface area contributed by atoms with Crippen LogP contribution >= 0.6 is 12.8 Å². The van der Waals surface area contributed by atoms with Gasteiger partial charge in [-0.3, -0.25) is 4.31 Å². The molecule has 0 spiro atoms. The zero-order chi connectivity index (χ0) is 7.44. The van der Waals surface area contributed by atoms with E-state index in [9.17, 15) is 4.79 Å². The van der Waals surface area contributed by atoms with Crippen molar-refractivity contribution < 1.29 is 4.79 Å². The Kier molecular flexibility index (Phi) is 3.46. The number of carbonyl (C=O) groups excluding carboxylic acids is 1. The maximum atomic E-state index is 10.3. The lowest BCUT2D eigenvalue weighted by Gasteiger charge is -2.13. The predicted octanol–water partition coefficient (Wildman–Crippen LogP) is 0.868. The highest BCUT2D eigenvalue weighted by Gasteiger charge is 2.04. The third-order valence-electron chi connectivity index (χ3n) is 0.792. The zero-order valence-electron chi connectivity index (χ0n) is 5.66. The van der Waals surface area contributed by atoms with E-state index in [0.29, 0.717) is 12.5 Å². The highest BCUT2D eigenvalue weighted by atomic mass is 32.1. The Hall–Kier alpha value is -0.380. The largest absolute Gasteiger partial charge is 0.351 e. The van der Waals surface area contributed by atoms with Crippen LogP contribution in [0.4, 0.5) is 4.79 Å². The van der Waals surface area contributed by atoms with Gasteiger partial charge in [-0.05, 0) is 5.92 Å². The Bertz CT molecular complexity index is 105. The maximum Gasteiger partial charge on any atom is 0.324 e. The zero-order valence-corrected chi connectivity index (χ0v) is 6.56. The van der Waals surface area contributed by atoms with Crippen LogP contribution < -0.4 is 5.73 Å². The van der Waals surface area contributed by atoms with E-state index in [1.807, 2.05) is 13.8 Å². The van der Waals surface area contributed by atoms with E-state index < -0.39 is 6.03 Å². The van der Waals surface area contributed by atoms with E-state index in [4.69, 9.17) is 5.73 Å². The number of rotatable bonds is 2. The third-order valence-corrected chi connectivity index (χ3v) is 1.15. The minimum absolute atomic E-state index is 0.412. The van der Waals surface area contributed by atoms with Crippen molar-refractivity contribution in [3.05, 3.63) is 0 Å². The van der Waals surface area contributed by atoms with Crippen molar-refractivity contribution in [2.75, 3.05) is 6.54 Å². The number of urea groups is 1. The number of primary amides is 1. The molecule has 0 fully saturated rings. The van der Waals surface area contributed by atoms with Crippen molar-refractivity contribution in [3.63, 3.8) is 0 Å². The van der Waals surface area contributed by atoms with Crippen molar-refractivity contribution in [3.8, 4) is 0 Å². The van der Waals surface area contributed by atoms with Gasteiger partial charge in [-0.15, -0.1) is 0 Å². The Morgan fingerprint density at radius 3 is 2.33 bits per heavy atom. The molecule has 0 unspecified atom stereocenters. The molecule has 0 aromatic rings. The van der Waals surface area contributed by atoms with Crippen LogP contribution in [-0.2, 0) is 0 Å². The van der Waals surface area contributed by atoms with Gasteiger partial charge in [0.25, 0.3) is 0 Å². The van der Waals surface area contributed by atoms with Crippen LogP contribution in [0.5, 0.6) is 0 Å². The van der Waals surface area contributed by atoms with Gasteiger partial charge >= 0.3 is 6.03 Å². The molecular formula is C5H12N2OS. The summed E-state index contributed by atoms with van der Waals surface area (Å²) in [5.41, 5.74) is 4.89. The molecule has 0 aromatic carbocycles. The number of amides is 2. The molecule has 0 aromatic heterocycles. The lowest BCUT2D eigenvalue weighted by Crippen LogP contribution is -2.30. The summed E-state index contributed by atoms with van der Waals surface area (Å²) in [5, 5.41) is 0. The highest BCUT2D eigenvalue weighted by Crippen LogP contribution is 1.99. The summed E-state index contributed by atoms with van der Waals surface area (Å²) in [5.74, 6) is 0.412. The number of carbonyl (C=O) groups is 1. The summed E-state index contributed by atoms with van der Waals surface area (Å²) in [6.45, 7) is 4.58. The van der Waals surface area contributed by atoms with E-state index in [1.165, 1.54) is 4.31 Å². The lowest BCUT2D eigenvalue weighted by molar-refractivity contribution is 0.232. The number of hydrogen-bond acceptors (Lipinski definition) is 2. The van der Waals surface area contributed by atoms with Gasteiger partial charge < -0.3 is 5.73 Å². The van der Waals surface area contributed by atoms with Gasteiger partial charge in [-0.1, -0.05) is 26.7 Å². The molecule has 0 rings (SSSR count). The van der Waals surface area contributed by atoms with Gasteiger partial charge in [0.05, 0.1) is 0 Å². The summed E-state index contributed by atoms with van der Waals surface area (Å²) in [6, 6.07) is -0.493. The highest BCUT2D eigenvalue weighted by molar-refractivity contribution is 7.78. The summed E-state index contributed by atoms with van der Waals surface area (Å²) < 4.78 is 1.20. The monoisotopic (exact) mass is 148 g/mol. The standard InChI is InChI=1S/C5H12N2OS/c1-4(2)3-7(9)5(6)8/h4,9H,3H2,1-2H3,(H2,6,8). The number of nitrogens with zero attached hydrogens (tertiary/aromatic N) is 1. The fourth-order valence-electron chi connectivity index (χ4n) is 0.436. The van der Waals surface area contributed by atoms with Crippen molar-refractivity contribution in [2.24, 2.45) is 11.7 Å². The molecule has 0 aliphatic carbocycles. The first-order valence-electron chi connectivity index (χ1n) is 2.80. The third kappa shape index (κ3) is 4.14. The van der Waals surface area contributed by atoms with E-state index in [2.05, 4.69) is 12.8 Å². The molecule has 0 heterocycles. The van der Waals surface area contributed by atoms with Crippen LogP contribution in [0.1, 0.15) is 13.8 Å². The van der Waals surface area contributed by atoms with E-state index in [0.717, 1.165) is 0 Å². The number of nitrogens with two attached hydrogens (primary N) is 1. The molecule has 0 aliphatic heterocycles. The maximum absolute atomic E-state index is 10.3. The van der Waals surface area contributed by atoms with Crippen molar-refractivity contribution in [1.29, 1.82) is 0 Å². The quantitative estimate of drug-likeness (QED) is 0.561. The number of thiol groups is 1. The Labute approximate surface area is 60.8 Å². The fourth-order valence-corrected chi connectivity index (χ4v) is 0.762. The molecule has 3 nitrogen and oxygen atoms in total. The fraction of sp³-hybridized carbons (Fsp3) is 0.800. The van der Waals surface area contributed by atoms with Gasteiger partial charge in [0.2, 0.25) is 0 Å². The second-order valence-corrected chi connectivity index (χ2v) is 2.80. The van der Waals surface area contributed by atoms with Gasteiger partial charge in [0.1, 0.15) is 0 Å². The smallest absolute Gasteiger partial charge is 0.324 e. The van der Waals surface area contributed by atoms with E-state index in [-0.39, 0.29) is 0 Å². The van der Waals surface area contributed by atoms with Gasteiger partial charge in [-0.2, -0.15) is 0 Å². The SMILES string of the molecule is CC(C)CN(S)C(N)=O. The van der Waals surface area contributed by atoms with Crippen LogP contribution in [0.25, 0.3) is 0 Å². The summed E-state index contributed by atoms with van der Waals surface area (Å²) in [4.78, 5) is 10.3. The molecule has 0 radical (unpaired) electrons.